The Bertz CT molecular complexity index is 364. The summed E-state index contributed by atoms with van der Waals surface area (Å²) < 4.78 is 0. The van der Waals surface area contributed by atoms with Crippen LogP contribution < -0.4 is 5.32 Å². The fourth-order valence-corrected chi connectivity index (χ4v) is 1.22. The second-order valence-electron chi connectivity index (χ2n) is 3.59. The van der Waals surface area contributed by atoms with E-state index in [1.165, 1.54) is 0 Å². The number of aromatic carboxylic acids is 1. The van der Waals surface area contributed by atoms with Gasteiger partial charge in [-0.2, -0.15) is 0 Å². The Morgan fingerprint density at radius 2 is 2.27 bits per heavy atom. The molecule has 1 atom stereocenters. The Kier molecular flexibility index (Phi) is 3.66. The average Bonchev–Trinajstić information content (AvgIpc) is 2.17. The van der Waals surface area contributed by atoms with Crippen LogP contribution in [0.1, 0.15) is 36.3 Å². The van der Waals surface area contributed by atoms with E-state index < -0.39 is 5.97 Å². The molecule has 1 rings (SSSR count). The molecule has 4 heteroatoms. The molecule has 82 valence electrons. The minimum atomic E-state index is -0.935. The summed E-state index contributed by atoms with van der Waals surface area (Å²) in [5.41, 5.74) is 0.792. The lowest BCUT2D eigenvalue weighted by molar-refractivity contribution is 0.0695. The highest BCUT2D eigenvalue weighted by atomic mass is 16.4. The van der Waals surface area contributed by atoms with Gasteiger partial charge < -0.3 is 10.4 Å². The average molecular weight is 208 g/mol. The maximum atomic E-state index is 10.8. The van der Waals surface area contributed by atoms with E-state index >= 15 is 0 Å². The van der Waals surface area contributed by atoms with Crippen molar-refractivity contribution in [3.05, 3.63) is 23.4 Å². The molecule has 0 saturated carbocycles. The first-order valence-corrected chi connectivity index (χ1v) is 5.02. The largest absolute Gasteiger partial charge is 0.478 e. The van der Waals surface area contributed by atoms with Gasteiger partial charge >= 0.3 is 5.97 Å². The summed E-state index contributed by atoms with van der Waals surface area (Å²) in [6.07, 6.45) is 1.00. The number of anilines is 1. The van der Waals surface area contributed by atoms with E-state index in [-0.39, 0.29) is 5.56 Å². The SMILES string of the molecule is CCC(C)Nc1ccc(C(=O)O)c(C)n1. The van der Waals surface area contributed by atoms with Crippen molar-refractivity contribution >= 4 is 11.8 Å². The Morgan fingerprint density at radius 1 is 1.60 bits per heavy atom. The van der Waals surface area contributed by atoms with Gasteiger partial charge in [-0.3, -0.25) is 0 Å². The maximum absolute atomic E-state index is 10.8. The molecule has 1 unspecified atom stereocenters. The molecule has 0 aromatic carbocycles. The Hall–Kier alpha value is -1.58. The van der Waals surface area contributed by atoms with E-state index in [9.17, 15) is 4.79 Å². The minimum absolute atomic E-state index is 0.254. The van der Waals surface area contributed by atoms with Crippen LogP contribution >= 0.6 is 0 Å². The van der Waals surface area contributed by atoms with Gasteiger partial charge in [-0.15, -0.1) is 0 Å². The van der Waals surface area contributed by atoms with E-state index in [4.69, 9.17) is 5.11 Å². The number of carbonyl (C=O) groups is 1. The molecule has 0 saturated heterocycles. The molecule has 0 amide bonds. The molecule has 0 aliphatic heterocycles. The second kappa shape index (κ2) is 4.77. The summed E-state index contributed by atoms with van der Waals surface area (Å²) >= 11 is 0. The molecule has 0 aliphatic rings. The number of nitrogens with zero attached hydrogens (tertiary/aromatic N) is 1. The van der Waals surface area contributed by atoms with E-state index in [1.54, 1.807) is 19.1 Å². The summed E-state index contributed by atoms with van der Waals surface area (Å²) in [4.78, 5) is 14.9. The van der Waals surface area contributed by atoms with E-state index in [0.717, 1.165) is 12.2 Å². The first-order valence-electron chi connectivity index (χ1n) is 5.02. The van der Waals surface area contributed by atoms with Crippen LogP contribution in [0.25, 0.3) is 0 Å². The molecule has 1 heterocycles. The standard InChI is InChI=1S/C11H16N2O2/c1-4-7(2)12-10-6-5-9(11(14)15)8(3)13-10/h5-7H,4H2,1-3H3,(H,12,13)(H,14,15). The van der Waals surface area contributed by atoms with Gasteiger partial charge in [0.15, 0.2) is 0 Å². The zero-order valence-electron chi connectivity index (χ0n) is 9.24. The van der Waals surface area contributed by atoms with Crippen molar-refractivity contribution in [2.24, 2.45) is 0 Å². The molecule has 0 spiro atoms. The summed E-state index contributed by atoms with van der Waals surface area (Å²) in [6.45, 7) is 5.84. The lowest BCUT2D eigenvalue weighted by Crippen LogP contribution is -2.15. The van der Waals surface area contributed by atoms with Gasteiger partial charge in [-0.1, -0.05) is 6.92 Å². The summed E-state index contributed by atoms with van der Waals surface area (Å²) in [6, 6.07) is 3.62. The number of hydrogen-bond donors (Lipinski definition) is 2. The van der Waals surface area contributed by atoms with Gasteiger partial charge in [0, 0.05) is 6.04 Å². The number of aromatic nitrogens is 1. The van der Waals surface area contributed by atoms with Crippen molar-refractivity contribution < 1.29 is 9.90 Å². The first-order chi connectivity index (χ1) is 7.04. The number of hydrogen-bond acceptors (Lipinski definition) is 3. The number of rotatable bonds is 4. The highest BCUT2D eigenvalue weighted by Gasteiger charge is 2.09. The summed E-state index contributed by atoms with van der Waals surface area (Å²) in [5.74, 6) is -0.207. The fourth-order valence-electron chi connectivity index (χ4n) is 1.22. The molecule has 0 fully saturated rings. The molecule has 0 bridgehead atoms. The minimum Gasteiger partial charge on any atom is -0.478 e. The Morgan fingerprint density at radius 3 is 2.73 bits per heavy atom. The second-order valence-corrected chi connectivity index (χ2v) is 3.59. The predicted octanol–water partition coefficient (Wildman–Crippen LogP) is 2.30. The number of pyridine rings is 1. The normalized spacial score (nSPS) is 12.2. The molecule has 0 radical (unpaired) electrons. The zero-order valence-corrected chi connectivity index (χ0v) is 9.24. The Balaban J connectivity index is 2.87. The number of carboxylic acids is 1. The van der Waals surface area contributed by atoms with Crippen molar-refractivity contribution in [3.8, 4) is 0 Å². The highest BCUT2D eigenvalue weighted by Crippen LogP contribution is 2.11. The first kappa shape index (κ1) is 11.5. The molecule has 4 nitrogen and oxygen atoms in total. The van der Waals surface area contributed by atoms with Gasteiger partial charge in [0.2, 0.25) is 0 Å². The van der Waals surface area contributed by atoms with Crippen molar-refractivity contribution in [2.75, 3.05) is 5.32 Å². The third-order valence-corrected chi connectivity index (χ3v) is 2.32. The molecule has 1 aromatic heterocycles. The molecule has 1 aromatic rings. The lowest BCUT2D eigenvalue weighted by atomic mass is 10.2. The van der Waals surface area contributed by atoms with Gasteiger partial charge in [-0.05, 0) is 32.4 Å². The van der Waals surface area contributed by atoms with Crippen LogP contribution in [0.15, 0.2) is 12.1 Å². The van der Waals surface area contributed by atoms with Crippen molar-refractivity contribution in [1.82, 2.24) is 4.98 Å². The van der Waals surface area contributed by atoms with E-state index in [2.05, 4.69) is 24.1 Å². The van der Waals surface area contributed by atoms with Crippen molar-refractivity contribution in [3.63, 3.8) is 0 Å². The van der Waals surface area contributed by atoms with Crippen molar-refractivity contribution in [2.45, 2.75) is 33.2 Å². The van der Waals surface area contributed by atoms with Crippen LogP contribution in [0.5, 0.6) is 0 Å². The summed E-state index contributed by atoms with van der Waals surface area (Å²) in [7, 11) is 0. The number of aryl methyl sites for hydroxylation is 1. The van der Waals surface area contributed by atoms with Crippen LogP contribution in [0.3, 0.4) is 0 Å². The zero-order chi connectivity index (χ0) is 11.4. The number of carboxylic acid groups (broad SMARTS) is 1. The van der Waals surface area contributed by atoms with Crippen molar-refractivity contribution in [1.29, 1.82) is 0 Å². The van der Waals surface area contributed by atoms with E-state index in [0.29, 0.717) is 11.7 Å². The van der Waals surface area contributed by atoms with Gasteiger partial charge in [0.05, 0.1) is 11.3 Å². The lowest BCUT2D eigenvalue weighted by Gasteiger charge is -2.12. The Labute approximate surface area is 89.3 Å². The third-order valence-electron chi connectivity index (χ3n) is 2.32. The van der Waals surface area contributed by atoms with Gasteiger partial charge in [-0.25, -0.2) is 9.78 Å². The van der Waals surface area contributed by atoms with E-state index in [1.807, 2.05) is 0 Å². The quantitative estimate of drug-likeness (QED) is 0.797. The molecule has 2 N–H and O–H groups in total. The predicted molar refractivity (Wildman–Crippen MR) is 59.3 cm³/mol. The highest BCUT2D eigenvalue weighted by molar-refractivity contribution is 5.89. The smallest absolute Gasteiger partial charge is 0.337 e. The van der Waals surface area contributed by atoms with Crippen LogP contribution in [0.2, 0.25) is 0 Å². The molecule has 0 aliphatic carbocycles. The van der Waals surface area contributed by atoms with Crippen LogP contribution in [-0.2, 0) is 0 Å². The van der Waals surface area contributed by atoms with Gasteiger partial charge in [0.1, 0.15) is 5.82 Å². The van der Waals surface area contributed by atoms with Crippen LogP contribution in [-0.4, -0.2) is 22.1 Å². The maximum Gasteiger partial charge on any atom is 0.337 e. The molecule has 15 heavy (non-hydrogen) atoms. The third kappa shape index (κ3) is 2.94. The number of nitrogens with one attached hydrogen (secondary N) is 1. The fraction of sp³-hybridized carbons (Fsp3) is 0.455. The summed E-state index contributed by atoms with van der Waals surface area (Å²) in [5, 5.41) is 12.0. The van der Waals surface area contributed by atoms with Crippen LogP contribution in [0, 0.1) is 6.92 Å². The van der Waals surface area contributed by atoms with Gasteiger partial charge in [0.25, 0.3) is 0 Å². The molecular weight excluding hydrogens is 192 g/mol. The topological polar surface area (TPSA) is 62.2 Å². The van der Waals surface area contributed by atoms with Crippen LogP contribution in [0.4, 0.5) is 5.82 Å². The molecular formula is C11H16N2O2. The monoisotopic (exact) mass is 208 g/mol.